The first kappa shape index (κ1) is 18.1. The van der Waals surface area contributed by atoms with E-state index < -0.39 is 15.9 Å². The first-order valence-electron chi connectivity index (χ1n) is 7.86. The minimum absolute atomic E-state index is 0.0570. The third kappa shape index (κ3) is 4.27. The fourth-order valence-electron chi connectivity index (χ4n) is 3.01. The Labute approximate surface area is 154 Å². The highest BCUT2D eigenvalue weighted by Gasteiger charge is 2.35. The molecule has 1 amide bonds. The van der Waals surface area contributed by atoms with E-state index >= 15 is 0 Å². The van der Waals surface area contributed by atoms with Gasteiger partial charge in [0.2, 0.25) is 0 Å². The largest absolute Gasteiger partial charge is 0.330 e. The zero-order valence-corrected chi connectivity index (χ0v) is 15.8. The van der Waals surface area contributed by atoms with Crippen LogP contribution in [0.3, 0.4) is 0 Å². The van der Waals surface area contributed by atoms with Crippen LogP contribution in [0.25, 0.3) is 0 Å². The first-order valence-corrected chi connectivity index (χ1v) is 10.5. The molecule has 25 heavy (non-hydrogen) atoms. The number of amides is 1. The molecule has 0 radical (unpaired) electrons. The van der Waals surface area contributed by atoms with Crippen molar-refractivity contribution in [2.75, 3.05) is 11.5 Å². The van der Waals surface area contributed by atoms with Gasteiger partial charge >= 0.3 is 0 Å². The van der Waals surface area contributed by atoms with E-state index in [1.165, 1.54) is 12.1 Å². The minimum Gasteiger partial charge on any atom is -0.330 e. The average Bonchev–Trinajstić information content (AvgIpc) is 2.92. The molecule has 0 saturated carbocycles. The highest BCUT2D eigenvalue weighted by molar-refractivity contribution is 9.10. The normalized spacial score (nSPS) is 18.9. The molecule has 2 aromatic rings. The van der Waals surface area contributed by atoms with Crippen molar-refractivity contribution in [2.45, 2.75) is 19.0 Å². The van der Waals surface area contributed by atoms with Gasteiger partial charge in [0.1, 0.15) is 5.82 Å². The molecule has 1 aliphatic heterocycles. The monoisotopic (exact) mass is 425 g/mol. The minimum atomic E-state index is -3.15. The Morgan fingerprint density at radius 1 is 1.20 bits per heavy atom. The molecule has 3 rings (SSSR count). The topological polar surface area (TPSA) is 54.5 Å². The summed E-state index contributed by atoms with van der Waals surface area (Å²) in [5.74, 6) is -0.636. The maximum Gasteiger partial charge on any atom is 0.255 e. The summed E-state index contributed by atoms with van der Waals surface area (Å²) >= 11 is 3.37. The number of hydrogen-bond acceptors (Lipinski definition) is 3. The number of carbonyl (C=O) groups is 1. The van der Waals surface area contributed by atoms with Crippen molar-refractivity contribution in [3.8, 4) is 0 Å². The fraction of sp³-hybridized carbons (Fsp3) is 0.278. The van der Waals surface area contributed by atoms with Crippen molar-refractivity contribution in [1.82, 2.24) is 4.90 Å². The lowest BCUT2D eigenvalue weighted by Gasteiger charge is -2.29. The number of nitrogens with zero attached hydrogens (tertiary/aromatic N) is 1. The second-order valence-electron chi connectivity index (χ2n) is 6.10. The van der Waals surface area contributed by atoms with Crippen LogP contribution in [0.5, 0.6) is 0 Å². The van der Waals surface area contributed by atoms with Gasteiger partial charge in [0.15, 0.2) is 9.84 Å². The molecule has 1 aliphatic rings. The molecule has 0 unspecified atom stereocenters. The fourth-order valence-corrected chi connectivity index (χ4v) is 5.19. The summed E-state index contributed by atoms with van der Waals surface area (Å²) < 4.78 is 37.9. The lowest BCUT2D eigenvalue weighted by atomic mass is 10.1. The quantitative estimate of drug-likeness (QED) is 0.753. The molecule has 1 atom stereocenters. The number of halogens is 2. The van der Waals surface area contributed by atoms with Crippen LogP contribution >= 0.6 is 15.9 Å². The lowest BCUT2D eigenvalue weighted by molar-refractivity contribution is 0.0679. The Morgan fingerprint density at radius 3 is 2.60 bits per heavy atom. The molecule has 0 N–H and O–H groups in total. The number of hydrogen-bond donors (Lipinski definition) is 0. The van der Waals surface area contributed by atoms with Gasteiger partial charge in [-0.15, -0.1) is 0 Å². The van der Waals surface area contributed by atoms with Gasteiger partial charge in [-0.2, -0.15) is 0 Å². The van der Waals surface area contributed by atoms with Crippen molar-refractivity contribution < 1.29 is 17.6 Å². The molecule has 7 heteroatoms. The van der Waals surface area contributed by atoms with Gasteiger partial charge in [-0.05, 0) is 52.2 Å². The van der Waals surface area contributed by atoms with Crippen LogP contribution in [0, 0.1) is 5.82 Å². The zero-order valence-electron chi connectivity index (χ0n) is 13.4. The summed E-state index contributed by atoms with van der Waals surface area (Å²) in [4.78, 5) is 14.6. The molecule has 132 valence electrons. The van der Waals surface area contributed by atoms with Crippen LogP contribution in [0.4, 0.5) is 4.39 Å². The Kier molecular flexibility index (Phi) is 5.24. The van der Waals surface area contributed by atoms with Crippen molar-refractivity contribution in [3.63, 3.8) is 0 Å². The van der Waals surface area contributed by atoms with Crippen molar-refractivity contribution in [3.05, 3.63) is 69.9 Å². The van der Waals surface area contributed by atoms with E-state index in [0.29, 0.717) is 22.0 Å². The predicted octanol–water partition coefficient (Wildman–Crippen LogP) is 3.42. The Hall–Kier alpha value is -1.73. The summed E-state index contributed by atoms with van der Waals surface area (Å²) in [6, 6.07) is 12.6. The predicted molar refractivity (Wildman–Crippen MR) is 97.5 cm³/mol. The molecular weight excluding hydrogens is 409 g/mol. The summed E-state index contributed by atoms with van der Waals surface area (Å²) in [5.41, 5.74) is 1.09. The summed E-state index contributed by atoms with van der Waals surface area (Å²) in [6.45, 7) is 0.165. The van der Waals surface area contributed by atoms with Gasteiger partial charge in [-0.1, -0.05) is 24.3 Å². The molecule has 2 aromatic carbocycles. The third-order valence-corrected chi connectivity index (χ3v) is 6.70. The Balaban J connectivity index is 1.94. The van der Waals surface area contributed by atoms with E-state index in [1.54, 1.807) is 41.3 Å². The molecule has 4 nitrogen and oxygen atoms in total. The second-order valence-corrected chi connectivity index (χ2v) is 9.18. The van der Waals surface area contributed by atoms with E-state index in [-0.39, 0.29) is 29.8 Å². The van der Waals surface area contributed by atoms with Crippen LogP contribution in [-0.2, 0) is 16.4 Å². The van der Waals surface area contributed by atoms with Gasteiger partial charge in [0.25, 0.3) is 5.91 Å². The highest BCUT2D eigenvalue weighted by atomic mass is 79.9. The first-order chi connectivity index (χ1) is 11.9. The smallest absolute Gasteiger partial charge is 0.255 e. The third-order valence-electron chi connectivity index (χ3n) is 4.26. The van der Waals surface area contributed by atoms with Gasteiger partial charge in [0.05, 0.1) is 17.1 Å². The molecule has 1 saturated heterocycles. The standard InChI is InChI=1S/C18H17BrFNO3S/c19-17-7-2-1-6-16(17)18(22)21(15-8-9-25(23,24)12-15)11-13-4-3-5-14(20)10-13/h1-7,10,15H,8-9,11-12H2/t15-/m0/s1. The van der Waals surface area contributed by atoms with Gasteiger partial charge in [-0.3, -0.25) is 4.79 Å². The highest BCUT2D eigenvalue weighted by Crippen LogP contribution is 2.25. The van der Waals surface area contributed by atoms with Crippen LogP contribution in [-0.4, -0.2) is 36.8 Å². The van der Waals surface area contributed by atoms with E-state index in [4.69, 9.17) is 0 Å². The SMILES string of the molecule is O=C(c1ccccc1Br)N(Cc1cccc(F)c1)[C@H]1CCS(=O)(=O)C1. The summed E-state index contributed by atoms with van der Waals surface area (Å²) in [6.07, 6.45) is 0.397. The van der Waals surface area contributed by atoms with Crippen LogP contribution in [0.1, 0.15) is 22.3 Å². The lowest BCUT2D eigenvalue weighted by Crippen LogP contribution is -2.40. The van der Waals surface area contributed by atoms with E-state index in [1.807, 2.05) is 0 Å². The number of rotatable bonds is 4. The Bertz CT molecular complexity index is 901. The van der Waals surface area contributed by atoms with Crippen LogP contribution in [0.2, 0.25) is 0 Å². The maximum absolute atomic E-state index is 13.5. The van der Waals surface area contributed by atoms with Crippen molar-refractivity contribution in [1.29, 1.82) is 0 Å². The molecular formula is C18H17BrFNO3S. The number of carbonyl (C=O) groups excluding carboxylic acids is 1. The molecule has 0 aromatic heterocycles. The van der Waals surface area contributed by atoms with E-state index in [2.05, 4.69) is 15.9 Å². The van der Waals surface area contributed by atoms with Gasteiger partial charge in [0, 0.05) is 17.1 Å². The number of benzene rings is 2. The van der Waals surface area contributed by atoms with Gasteiger partial charge in [-0.25, -0.2) is 12.8 Å². The van der Waals surface area contributed by atoms with Crippen molar-refractivity contribution >= 4 is 31.7 Å². The molecule has 0 aliphatic carbocycles. The molecule has 0 bridgehead atoms. The number of sulfone groups is 1. The summed E-state index contributed by atoms with van der Waals surface area (Å²) in [7, 11) is -3.15. The summed E-state index contributed by atoms with van der Waals surface area (Å²) in [5, 5.41) is 0. The van der Waals surface area contributed by atoms with E-state index in [9.17, 15) is 17.6 Å². The van der Waals surface area contributed by atoms with Gasteiger partial charge < -0.3 is 4.90 Å². The maximum atomic E-state index is 13.5. The second kappa shape index (κ2) is 7.25. The molecule has 1 heterocycles. The Morgan fingerprint density at radius 2 is 1.96 bits per heavy atom. The average molecular weight is 426 g/mol. The molecule has 0 spiro atoms. The van der Waals surface area contributed by atoms with Crippen LogP contribution < -0.4 is 0 Å². The van der Waals surface area contributed by atoms with Crippen molar-refractivity contribution in [2.24, 2.45) is 0 Å². The zero-order chi connectivity index (χ0) is 18.0. The molecule has 1 fully saturated rings. The van der Waals surface area contributed by atoms with E-state index in [0.717, 1.165) is 0 Å². The van der Waals surface area contributed by atoms with Crippen LogP contribution in [0.15, 0.2) is 53.0 Å².